The zero-order valence-corrected chi connectivity index (χ0v) is 18.2. The number of nitrogens with zero attached hydrogens (tertiary/aromatic N) is 3. The average molecular weight is 409 g/mol. The molecule has 1 saturated carbocycles. The Morgan fingerprint density at radius 2 is 1.93 bits per heavy atom. The zero-order valence-electron chi connectivity index (χ0n) is 18.2. The van der Waals surface area contributed by atoms with Crippen LogP contribution in [0.15, 0.2) is 36.5 Å². The molecular formula is C24H32N4O2. The second-order valence-corrected chi connectivity index (χ2v) is 9.72. The van der Waals surface area contributed by atoms with Crippen molar-refractivity contribution in [3.63, 3.8) is 0 Å². The highest BCUT2D eigenvalue weighted by atomic mass is 16.3. The molecular weight excluding hydrogens is 376 g/mol. The van der Waals surface area contributed by atoms with E-state index in [1.165, 1.54) is 5.56 Å². The van der Waals surface area contributed by atoms with Crippen molar-refractivity contribution < 1.29 is 9.90 Å². The van der Waals surface area contributed by atoms with Crippen molar-refractivity contribution in [3.8, 4) is 0 Å². The summed E-state index contributed by atoms with van der Waals surface area (Å²) in [4.78, 5) is 24.4. The second kappa shape index (κ2) is 7.99. The summed E-state index contributed by atoms with van der Waals surface area (Å²) < 4.78 is 0. The summed E-state index contributed by atoms with van der Waals surface area (Å²) in [6, 6.07) is 10.1. The summed E-state index contributed by atoms with van der Waals surface area (Å²) >= 11 is 0. The van der Waals surface area contributed by atoms with E-state index in [-0.39, 0.29) is 17.4 Å². The van der Waals surface area contributed by atoms with Gasteiger partial charge in [-0.15, -0.1) is 0 Å². The number of carbonyl (C=O) groups excluding carboxylic acids is 1. The Morgan fingerprint density at radius 3 is 2.63 bits per heavy atom. The van der Waals surface area contributed by atoms with Crippen molar-refractivity contribution in [3.05, 3.63) is 53.3 Å². The molecule has 30 heavy (non-hydrogen) atoms. The van der Waals surface area contributed by atoms with Crippen LogP contribution in [0.4, 0.5) is 5.95 Å². The molecule has 1 unspecified atom stereocenters. The molecule has 0 spiro atoms. The maximum atomic E-state index is 12.8. The van der Waals surface area contributed by atoms with Crippen LogP contribution < -0.4 is 10.2 Å². The van der Waals surface area contributed by atoms with Crippen molar-refractivity contribution in [2.45, 2.75) is 70.6 Å². The number of hydrogen-bond donors (Lipinski definition) is 2. The molecule has 6 heteroatoms. The minimum atomic E-state index is -1.22. The Morgan fingerprint density at radius 1 is 1.23 bits per heavy atom. The van der Waals surface area contributed by atoms with Gasteiger partial charge in [0.1, 0.15) is 5.60 Å². The molecule has 1 fully saturated rings. The van der Waals surface area contributed by atoms with Crippen LogP contribution in [-0.4, -0.2) is 33.6 Å². The number of aromatic nitrogens is 2. The van der Waals surface area contributed by atoms with E-state index in [4.69, 9.17) is 4.98 Å². The van der Waals surface area contributed by atoms with E-state index < -0.39 is 5.60 Å². The number of rotatable bonds is 5. The maximum Gasteiger partial charge on any atom is 0.252 e. The van der Waals surface area contributed by atoms with E-state index in [1.54, 1.807) is 0 Å². The number of carbonyl (C=O) groups is 1. The molecule has 4 rings (SSSR count). The van der Waals surface area contributed by atoms with Crippen LogP contribution in [0.1, 0.15) is 68.8 Å². The van der Waals surface area contributed by atoms with Crippen molar-refractivity contribution >= 4 is 11.9 Å². The lowest BCUT2D eigenvalue weighted by molar-refractivity contribution is -0.140. The molecule has 1 amide bonds. The standard InChI is InChI=1S/C24H32N4O2/c1-23(2)13-19(26-21(29)24(30)11-7-8-12-24)18-15-25-22(27-20(18)14-23)28(3)16-17-9-5-4-6-10-17/h4-6,9-10,15,19,30H,7-8,11-14,16H2,1-3H3,(H,26,29). The van der Waals surface area contributed by atoms with Crippen molar-refractivity contribution in [2.75, 3.05) is 11.9 Å². The van der Waals surface area contributed by atoms with E-state index in [0.29, 0.717) is 18.8 Å². The van der Waals surface area contributed by atoms with Gasteiger partial charge in [-0.25, -0.2) is 9.97 Å². The summed E-state index contributed by atoms with van der Waals surface area (Å²) in [7, 11) is 2.00. The summed E-state index contributed by atoms with van der Waals surface area (Å²) in [5.41, 5.74) is 1.95. The van der Waals surface area contributed by atoms with Crippen LogP contribution in [0, 0.1) is 5.41 Å². The summed E-state index contributed by atoms with van der Waals surface area (Å²) in [6.07, 6.45) is 6.40. The minimum absolute atomic E-state index is 0.00681. The van der Waals surface area contributed by atoms with E-state index in [2.05, 4.69) is 36.3 Å². The van der Waals surface area contributed by atoms with Crippen LogP contribution in [-0.2, 0) is 17.8 Å². The third-order valence-corrected chi connectivity index (χ3v) is 6.43. The van der Waals surface area contributed by atoms with E-state index in [1.807, 2.05) is 36.3 Å². The summed E-state index contributed by atoms with van der Waals surface area (Å²) in [6.45, 7) is 5.14. The van der Waals surface area contributed by atoms with Crippen LogP contribution >= 0.6 is 0 Å². The Kier molecular flexibility index (Phi) is 5.53. The Balaban J connectivity index is 1.56. The lowest BCUT2D eigenvalue weighted by Crippen LogP contribution is -2.48. The molecule has 2 aliphatic rings. The molecule has 2 aliphatic carbocycles. The lowest BCUT2D eigenvalue weighted by atomic mass is 9.74. The van der Waals surface area contributed by atoms with Gasteiger partial charge in [0.2, 0.25) is 5.95 Å². The Hall–Kier alpha value is -2.47. The third-order valence-electron chi connectivity index (χ3n) is 6.43. The molecule has 0 saturated heterocycles. The lowest BCUT2D eigenvalue weighted by Gasteiger charge is -2.38. The predicted molar refractivity (Wildman–Crippen MR) is 117 cm³/mol. The smallest absolute Gasteiger partial charge is 0.252 e. The van der Waals surface area contributed by atoms with Gasteiger partial charge < -0.3 is 15.3 Å². The summed E-state index contributed by atoms with van der Waals surface area (Å²) in [5, 5.41) is 13.8. The van der Waals surface area contributed by atoms with Gasteiger partial charge in [0.25, 0.3) is 5.91 Å². The first kappa shape index (κ1) is 20.8. The van der Waals surface area contributed by atoms with Gasteiger partial charge in [-0.3, -0.25) is 4.79 Å². The highest BCUT2D eigenvalue weighted by Crippen LogP contribution is 2.41. The van der Waals surface area contributed by atoms with Gasteiger partial charge in [-0.2, -0.15) is 0 Å². The Bertz CT molecular complexity index is 907. The highest BCUT2D eigenvalue weighted by Gasteiger charge is 2.42. The first-order valence-electron chi connectivity index (χ1n) is 10.9. The maximum absolute atomic E-state index is 12.8. The topological polar surface area (TPSA) is 78.4 Å². The zero-order chi connectivity index (χ0) is 21.4. The fourth-order valence-electron chi connectivity index (χ4n) is 4.76. The largest absolute Gasteiger partial charge is 0.380 e. The summed E-state index contributed by atoms with van der Waals surface area (Å²) in [5.74, 6) is 0.439. The van der Waals surface area contributed by atoms with Crippen molar-refractivity contribution in [1.82, 2.24) is 15.3 Å². The Labute approximate surface area is 178 Å². The van der Waals surface area contributed by atoms with Crippen LogP contribution in [0.3, 0.4) is 0 Å². The molecule has 6 nitrogen and oxygen atoms in total. The van der Waals surface area contributed by atoms with Crippen molar-refractivity contribution in [2.24, 2.45) is 5.41 Å². The van der Waals surface area contributed by atoms with Crippen molar-refractivity contribution in [1.29, 1.82) is 0 Å². The van der Waals surface area contributed by atoms with Gasteiger partial charge in [0.05, 0.1) is 11.7 Å². The highest BCUT2D eigenvalue weighted by molar-refractivity contribution is 5.85. The number of amides is 1. The molecule has 0 radical (unpaired) electrons. The number of anilines is 1. The number of aliphatic hydroxyl groups is 1. The monoisotopic (exact) mass is 408 g/mol. The molecule has 0 aliphatic heterocycles. The van der Waals surface area contributed by atoms with Gasteiger partial charge >= 0.3 is 0 Å². The normalized spacial score (nSPS) is 21.7. The van der Waals surface area contributed by atoms with E-state index in [9.17, 15) is 9.90 Å². The molecule has 160 valence electrons. The van der Waals surface area contributed by atoms with Gasteiger partial charge in [-0.05, 0) is 49.5 Å². The van der Waals surface area contributed by atoms with E-state index >= 15 is 0 Å². The fourth-order valence-corrected chi connectivity index (χ4v) is 4.76. The van der Waals surface area contributed by atoms with E-state index in [0.717, 1.165) is 43.5 Å². The molecule has 1 atom stereocenters. The number of fused-ring (bicyclic) bond motifs is 1. The number of benzene rings is 1. The third kappa shape index (κ3) is 4.33. The fraction of sp³-hybridized carbons (Fsp3) is 0.542. The predicted octanol–water partition coefficient (Wildman–Crippen LogP) is 3.55. The first-order valence-corrected chi connectivity index (χ1v) is 10.9. The molecule has 2 N–H and O–H groups in total. The second-order valence-electron chi connectivity index (χ2n) is 9.72. The van der Waals surface area contributed by atoms with Crippen LogP contribution in [0.2, 0.25) is 0 Å². The van der Waals surface area contributed by atoms with Crippen LogP contribution in [0.5, 0.6) is 0 Å². The minimum Gasteiger partial charge on any atom is -0.380 e. The number of nitrogens with one attached hydrogen (secondary N) is 1. The average Bonchev–Trinajstić information content (AvgIpc) is 3.15. The van der Waals surface area contributed by atoms with Gasteiger partial charge in [-0.1, -0.05) is 44.2 Å². The SMILES string of the molecule is CN(Cc1ccccc1)c1ncc2c(n1)CC(C)(C)CC2NC(=O)C1(O)CCCC1. The molecule has 1 aromatic carbocycles. The number of hydrogen-bond acceptors (Lipinski definition) is 5. The van der Waals surface area contributed by atoms with Gasteiger partial charge in [0, 0.05) is 25.4 Å². The van der Waals surface area contributed by atoms with Gasteiger partial charge in [0.15, 0.2) is 0 Å². The molecule has 0 bridgehead atoms. The molecule has 2 aromatic rings. The first-order chi connectivity index (χ1) is 14.3. The quantitative estimate of drug-likeness (QED) is 0.791. The molecule has 1 aromatic heterocycles. The van der Waals surface area contributed by atoms with Crippen LogP contribution in [0.25, 0.3) is 0 Å². The molecule has 1 heterocycles.